The van der Waals surface area contributed by atoms with E-state index in [-0.39, 0.29) is 21.2 Å². The average Bonchev–Trinajstić information content (AvgIpc) is 2.68. The van der Waals surface area contributed by atoms with Crippen LogP contribution in [0.3, 0.4) is 0 Å². The minimum atomic E-state index is -3.61. The second-order valence-corrected chi connectivity index (χ2v) is 8.53. The minimum Gasteiger partial charge on any atom is -0.322 e. The number of carbonyl (C=O) groups is 1. The summed E-state index contributed by atoms with van der Waals surface area (Å²) in [5, 5.41) is 13.3. The zero-order valence-electron chi connectivity index (χ0n) is 15.9. The number of anilines is 1. The Morgan fingerprint density at radius 1 is 1.10 bits per heavy atom. The molecule has 29 heavy (non-hydrogen) atoms. The first-order valence-electron chi connectivity index (χ1n) is 9.09. The van der Waals surface area contributed by atoms with E-state index in [9.17, 15) is 23.3 Å². The molecule has 1 amide bonds. The Labute approximate surface area is 174 Å². The third kappa shape index (κ3) is 6.52. The molecule has 0 spiro atoms. The van der Waals surface area contributed by atoms with Crippen LogP contribution < -0.4 is 10.0 Å². The Bertz CT molecular complexity index is 978. The van der Waals surface area contributed by atoms with Crippen molar-refractivity contribution in [1.29, 1.82) is 0 Å². The zero-order chi connectivity index (χ0) is 21.4. The van der Waals surface area contributed by atoms with Gasteiger partial charge < -0.3 is 5.32 Å². The second kappa shape index (κ2) is 10.3. The molecule has 0 bridgehead atoms. The SMILES string of the molecule is CCCCCCNS(=O)(=O)c1ccc(NC(=O)c2ccc([N+](=O)[O-])cc2Cl)cc1. The molecule has 10 heteroatoms. The topological polar surface area (TPSA) is 118 Å². The molecule has 0 saturated carbocycles. The average molecular weight is 440 g/mol. The largest absolute Gasteiger partial charge is 0.322 e. The van der Waals surface area contributed by atoms with Gasteiger partial charge in [-0.1, -0.05) is 37.8 Å². The lowest BCUT2D eigenvalue weighted by Crippen LogP contribution is -2.24. The fourth-order valence-corrected chi connectivity index (χ4v) is 3.89. The van der Waals surface area contributed by atoms with Crippen LogP contribution in [0.4, 0.5) is 11.4 Å². The maximum absolute atomic E-state index is 12.3. The van der Waals surface area contributed by atoms with Crippen LogP contribution in [0.25, 0.3) is 0 Å². The maximum atomic E-state index is 12.3. The molecular formula is C19H22ClN3O5S. The van der Waals surface area contributed by atoms with Crippen LogP contribution in [0.2, 0.25) is 5.02 Å². The van der Waals surface area contributed by atoms with Gasteiger partial charge in [0.2, 0.25) is 10.0 Å². The molecule has 0 radical (unpaired) electrons. The molecule has 2 N–H and O–H groups in total. The molecular weight excluding hydrogens is 418 g/mol. The van der Waals surface area contributed by atoms with Crippen molar-refractivity contribution < 1.29 is 18.1 Å². The number of amides is 1. The van der Waals surface area contributed by atoms with Crippen molar-refractivity contribution in [2.24, 2.45) is 0 Å². The highest BCUT2D eigenvalue weighted by Gasteiger charge is 2.16. The van der Waals surface area contributed by atoms with Crippen LogP contribution in [-0.4, -0.2) is 25.8 Å². The smallest absolute Gasteiger partial charge is 0.270 e. The van der Waals surface area contributed by atoms with Crippen LogP contribution in [0, 0.1) is 10.1 Å². The molecule has 0 aliphatic heterocycles. The molecule has 0 aliphatic rings. The molecule has 8 nitrogen and oxygen atoms in total. The predicted molar refractivity (Wildman–Crippen MR) is 112 cm³/mol. The quantitative estimate of drug-likeness (QED) is 0.324. The molecule has 0 atom stereocenters. The van der Waals surface area contributed by atoms with Crippen molar-refractivity contribution in [1.82, 2.24) is 4.72 Å². The molecule has 0 heterocycles. The van der Waals surface area contributed by atoms with Crippen LogP contribution in [0.15, 0.2) is 47.4 Å². The first-order valence-corrected chi connectivity index (χ1v) is 11.0. The monoisotopic (exact) mass is 439 g/mol. The van der Waals surface area contributed by atoms with E-state index < -0.39 is 20.9 Å². The van der Waals surface area contributed by atoms with Crippen LogP contribution in [-0.2, 0) is 10.0 Å². The number of hydrogen-bond acceptors (Lipinski definition) is 5. The van der Waals surface area contributed by atoms with Crippen molar-refractivity contribution in [3.8, 4) is 0 Å². The number of sulfonamides is 1. The van der Waals surface area contributed by atoms with E-state index >= 15 is 0 Å². The summed E-state index contributed by atoms with van der Waals surface area (Å²) in [5.74, 6) is -0.561. The van der Waals surface area contributed by atoms with Gasteiger partial charge in [0.05, 0.1) is 20.4 Å². The summed E-state index contributed by atoms with van der Waals surface area (Å²) in [6.45, 7) is 2.46. The fraction of sp³-hybridized carbons (Fsp3) is 0.316. The second-order valence-electron chi connectivity index (χ2n) is 6.36. The molecule has 2 aromatic rings. The predicted octanol–water partition coefficient (Wildman–Crippen LogP) is 4.36. The third-order valence-electron chi connectivity index (χ3n) is 4.15. The summed E-state index contributed by atoms with van der Waals surface area (Å²) in [4.78, 5) is 22.6. The lowest BCUT2D eigenvalue weighted by molar-refractivity contribution is -0.384. The molecule has 2 rings (SSSR count). The van der Waals surface area contributed by atoms with E-state index in [1.165, 1.54) is 36.4 Å². The van der Waals surface area contributed by atoms with Crippen molar-refractivity contribution in [3.63, 3.8) is 0 Å². The highest BCUT2D eigenvalue weighted by Crippen LogP contribution is 2.23. The summed E-state index contributed by atoms with van der Waals surface area (Å²) in [7, 11) is -3.61. The summed E-state index contributed by atoms with van der Waals surface area (Å²) in [6.07, 6.45) is 3.88. The van der Waals surface area contributed by atoms with Gasteiger partial charge in [0.1, 0.15) is 0 Å². The van der Waals surface area contributed by atoms with E-state index in [0.29, 0.717) is 12.2 Å². The number of carbonyl (C=O) groups excluding carboxylic acids is 1. The molecule has 0 unspecified atom stereocenters. The molecule has 156 valence electrons. The van der Waals surface area contributed by atoms with Gasteiger partial charge in [-0.2, -0.15) is 0 Å². The number of halogens is 1. The molecule has 0 saturated heterocycles. The van der Waals surface area contributed by atoms with Gasteiger partial charge >= 0.3 is 0 Å². The van der Waals surface area contributed by atoms with Crippen molar-refractivity contribution in [2.45, 2.75) is 37.5 Å². The highest BCUT2D eigenvalue weighted by molar-refractivity contribution is 7.89. The number of nitro benzene ring substituents is 1. The number of nitrogens with zero attached hydrogens (tertiary/aromatic N) is 1. The Hall–Kier alpha value is -2.49. The lowest BCUT2D eigenvalue weighted by atomic mass is 10.2. The summed E-state index contributed by atoms with van der Waals surface area (Å²) >= 11 is 5.95. The van der Waals surface area contributed by atoms with E-state index in [1.807, 2.05) is 0 Å². The molecule has 0 aromatic heterocycles. The van der Waals surface area contributed by atoms with Gasteiger partial charge in [-0.05, 0) is 36.8 Å². The number of rotatable bonds is 10. The highest BCUT2D eigenvalue weighted by atomic mass is 35.5. The van der Waals surface area contributed by atoms with Gasteiger partial charge in [-0.3, -0.25) is 14.9 Å². The maximum Gasteiger partial charge on any atom is 0.270 e. The first-order chi connectivity index (χ1) is 13.7. The van der Waals surface area contributed by atoms with Gasteiger partial charge in [0.25, 0.3) is 11.6 Å². The third-order valence-corrected chi connectivity index (χ3v) is 5.94. The Kier molecular flexibility index (Phi) is 8.12. The van der Waals surface area contributed by atoms with Gasteiger partial charge in [-0.25, -0.2) is 13.1 Å². The van der Waals surface area contributed by atoms with E-state index in [0.717, 1.165) is 31.7 Å². The van der Waals surface area contributed by atoms with Crippen molar-refractivity contribution in [3.05, 3.63) is 63.2 Å². The molecule has 0 fully saturated rings. The van der Waals surface area contributed by atoms with Crippen LogP contribution in [0.1, 0.15) is 43.0 Å². The summed E-state index contributed by atoms with van der Waals surface area (Å²) < 4.78 is 27.1. The number of benzene rings is 2. The fourth-order valence-electron chi connectivity index (χ4n) is 2.56. The summed E-state index contributed by atoms with van der Waals surface area (Å²) in [6, 6.07) is 9.24. The van der Waals surface area contributed by atoms with E-state index in [4.69, 9.17) is 11.6 Å². The van der Waals surface area contributed by atoms with E-state index in [2.05, 4.69) is 17.0 Å². The Morgan fingerprint density at radius 2 is 1.79 bits per heavy atom. The summed E-state index contributed by atoms with van der Waals surface area (Å²) in [5.41, 5.74) is 0.220. The Morgan fingerprint density at radius 3 is 2.38 bits per heavy atom. The zero-order valence-corrected chi connectivity index (χ0v) is 17.4. The van der Waals surface area contributed by atoms with E-state index in [1.54, 1.807) is 0 Å². The number of nitrogens with one attached hydrogen (secondary N) is 2. The van der Waals surface area contributed by atoms with Crippen LogP contribution >= 0.6 is 11.6 Å². The normalized spacial score (nSPS) is 11.2. The van der Waals surface area contributed by atoms with Gasteiger partial charge in [-0.15, -0.1) is 0 Å². The van der Waals surface area contributed by atoms with Gasteiger partial charge in [0.15, 0.2) is 0 Å². The number of unbranched alkanes of at least 4 members (excludes halogenated alkanes) is 3. The molecule has 2 aromatic carbocycles. The minimum absolute atomic E-state index is 0.0526. The standard InChI is InChI=1S/C19H22ClN3O5S/c1-2-3-4-5-12-21-29(27,28)16-9-6-14(7-10-16)22-19(24)17-11-8-15(23(25)26)13-18(17)20/h6-11,13,21H,2-5,12H2,1H3,(H,22,24). The van der Waals surface area contributed by atoms with Crippen LogP contribution in [0.5, 0.6) is 0 Å². The number of non-ortho nitro benzene ring substituents is 1. The number of hydrogen-bond donors (Lipinski definition) is 2. The van der Waals surface area contributed by atoms with Crippen molar-refractivity contribution in [2.75, 3.05) is 11.9 Å². The Balaban J connectivity index is 2.01. The van der Waals surface area contributed by atoms with Crippen molar-refractivity contribution >= 4 is 38.9 Å². The first kappa shape index (κ1) is 22.8. The lowest BCUT2D eigenvalue weighted by Gasteiger charge is -2.09. The molecule has 0 aliphatic carbocycles. The van der Waals surface area contributed by atoms with Gasteiger partial charge in [0, 0.05) is 24.4 Å². The number of nitro groups is 1.